The van der Waals surface area contributed by atoms with Crippen LogP contribution < -0.4 is 5.48 Å². The van der Waals surface area contributed by atoms with Crippen molar-refractivity contribution in [3.05, 3.63) is 28.2 Å². The van der Waals surface area contributed by atoms with Gasteiger partial charge in [0, 0.05) is 11.5 Å². The molecule has 1 rings (SSSR count). The average molecular weight is 291 g/mol. The van der Waals surface area contributed by atoms with E-state index in [1.807, 2.05) is 6.07 Å². The third-order valence-electron chi connectivity index (χ3n) is 1.48. The monoisotopic (exact) mass is 290 g/mol. The van der Waals surface area contributed by atoms with E-state index < -0.39 is 10.1 Å². The molecule has 0 amide bonds. The molecule has 0 bridgehead atoms. The lowest BCUT2D eigenvalue weighted by atomic mass is 10.2. The molecular formula is C8H7BrN2O3S. The Morgan fingerprint density at radius 3 is 2.67 bits per heavy atom. The molecule has 80 valence electrons. The highest BCUT2D eigenvalue weighted by Gasteiger charge is 2.16. The van der Waals surface area contributed by atoms with Gasteiger partial charge < -0.3 is 0 Å². The van der Waals surface area contributed by atoms with E-state index in [1.165, 1.54) is 25.2 Å². The quantitative estimate of drug-likeness (QED) is 0.845. The zero-order valence-electron chi connectivity index (χ0n) is 7.69. The van der Waals surface area contributed by atoms with E-state index in [9.17, 15) is 8.42 Å². The summed E-state index contributed by atoms with van der Waals surface area (Å²) in [5.41, 5.74) is 2.32. The Bertz CT molecular complexity index is 507. The van der Waals surface area contributed by atoms with Crippen LogP contribution in [0.25, 0.3) is 0 Å². The summed E-state index contributed by atoms with van der Waals surface area (Å²) in [5.74, 6) is 0. The second kappa shape index (κ2) is 4.72. The van der Waals surface area contributed by atoms with Gasteiger partial charge in [-0.25, -0.2) is 0 Å². The van der Waals surface area contributed by atoms with Crippen LogP contribution in [0, 0.1) is 11.3 Å². The van der Waals surface area contributed by atoms with Crippen molar-refractivity contribution < 1.29 is 12.7 Å². The lowest BCUT2D eigenvalue weighted by Gasteiger charge is -2.04. The fraction of sp³-hybridized carbons (Fsp3) is 0.125. The summed E-state index contributed by atoms with van der Waals surface area (Å²) in [5, 5.41) is 8.66. The minimum atomic E-state index is -3.86. The van der Waals surface area contributed by atoms with Gasteiger partial charge in [0.25, 0.3) is 0 Å². The van der Waals surface area contributed by atoms with Gasteiger partial charge in [-0.1, -0.05) is 15.9 Å². The van der Waals surface area contributed by atoms with Crippen molar-refractivity contribution in [1.82, 2.24) is 5.48 Å². The van der Waals surface area contributed by atoms with Crippen molar-refractivity contribution in [2.24, 2.45) is 0 Å². The average Bonchev–Trinajstić information content (AvgIpc) is 2.16. The Labute approximate surface area is 95.9 Å². The molecule has 0 aromatic heterocycles. The van der Waals surface area contributed by atoms with Crippen LogP contribution in [0.2, 0.25) is 0 Å². The van der Waals surface area contributed by atoms with Gasteiger partial charge in [-0.15, -0.1) is 0 Å². The van der Waals surface area contributed by atoms with Crippen molar-refractivity contribution in [2.45, 2.75) is 4.90 Å². The maximum Gasteiger partial charge on any atom is 0.312 e. The Hall–Kier alpha value is -0.940. The summed E-state index contributed by atoms with van der Waals surface area (Å²) >= 11 is 3.11. The highest BCUT2D eigenvalue weighted by molar-refractivity contribution is 9.10. The molecule has 1 N–H and O–H groups in total. The molecule has 0 aliphatic heterocycles. The van der Waals surface area contributed by atoms with Gasteiger partial charge in [-0.05, 0) is 18.2 Å². The molecule has 0 aliphatic rings. The molecule has 0 spiro atoms. The smallest absolute Gasteiger partial charge is 0.192 e. The first-order valence-corrected chi connectivity index (χ1v) is 6.00. The van der Waals surface area contributed by atoms with Crippen LogP contribution in [0.4, 0.5) is 0 Å². The number of benzene rings is 1. The molecule has 1 aromatic carbocycles. The third kappa shape index (κ3) is 3.00. The Kier molecular flexibility index (Phi) is 3.82. The van der Waals surface area contributed by atoms with Crippen LogP contribution in [0.3, 0.4) is 0 Å². The summed E-state index contributed by atoms with van der Waals surface area (Å²) in [6.45, 7) is 0. The highest BCUT2D eigenvalue weighted by Crippen LogP contribution is 2.20. The maximum atomic E-state index is 11.4. The van der Waals surface area contributed by atoms with Crippen LogP contribution in [0.1, 0.15) is 5.56 Å². The van der Waals surface area contributed by atoms with Crippen molar-refractivity contribution in [3.8, 4) is 6.07 Å². The summed E-state index contributed by atoms with van der Waals surface area (Å²) in [4.78, 5) is -0.0808. The SMILES string of the molecule is CNOS(=O)(=O)c1cc(Br)cc(C#N)c1. The van der Waals surface area contributed by atoms with Crippen molar-refractivity contribution in [1.29, 1.82) is 5.26 Å². The molecule has 0 saturated heterocycles. The van der Waals surface area contributed by atoms with Crippen molar-refractivity contribution in [2.75, 3.05) is 7.05 Å². The Morgan fingerprint density at radius 2 is 2.13 bits per heavy atom. The van der Waals surface area contributed by atoms with E-state index in [2.05, 4.69) is 25.7 Å². The molecule has 7 heteroatoms. The van der Waals surface area contributed by atoms with Crippen LogP contribution >= 0.6 is 15.9 Å². The number of hydrogen-bond acceptors (Lipinski definition) is 5. The minimum Gasteiger partial charge on any atom is -0.192 e. The molecule has 0 saturated carbocycles. The lowest BCUT2D eigenvalue weighted by molar-refractivity contribution is 0.231. The fourth-order valence-corrected chi connectivity index (χ4v) is 2.43. The zero-order chi connectivity index (χ0) is 11.5. The molecule has 1 aromatic rings. The van der Waals surface area contributed by atoms with E-state index in [0.717, 1.165) is 0 Å². The highest BCUT2D eigenvalue weighted by atomic mass is 79.9. The number of nitrogens with zero attached hydrogens (tertiary/aromatic N) is 1. The molecular weight excluding hydrogens is 284 g/mol. The first kappa shape index (κ1) is 12.1. The van der Waals surface area contributed by atoms with Crippen LogP contribution in [-0.4, -0.2) is 15.5 Å². The zero-order valence-corrected chi connectivity index (χ0v) is 10.1. The predicted molar refractivity (Wildman–Crippen MR) is 56.2 cm³/mol. The fourth-order valence-electron chi connectivity index (χ4n) is 0.929. The second-order valence-corrected chi connectivity index (χ2v) is 4.99. The summed E-state index contributed by atoms with van der Waals surface area (Å²) in [7, 11) is -2.52. The topological polar surface area (TPSA) is 79.2 Å². The standard InChI is InChI=1S/C8H7BrN2O3S/c1-11-14-15(12,13)8-3-6(5-10)2-7(9)4-8/h2-4,11H,1H3. The maximum absolute atomic E-state index is 11.4. The Balaban J connectivity index is 3.28. The molecule has 0 aliphatic carbocycles. The molecule has 0 atom stereocenters. The minimum absolute atomic E-state index is 0.0808. The first-order valence-electron chi connectivity index (χ1n) is 3.80. The number of rotatable bonds is 3. The normalized spacial score (nSPS) is 11.0. The number of hydrogen-bond donors (Lipinski definition) is 1. The van der Waals surface area contributed by atoms with Crippen LogP contribution in [0.15, 0.2) is 27.6 Å². The molecule has 15 heavy (non-hydrogen) atoms. The van der Waals surface area contributed by atoms with Gasteiger partial charge in [0.1, 0.15) is 0 Å². The summed E-state index contributed by atoms with van der Waals surface area (Å²) in [6, 6.07) is 5.95. The Morgan fingerprint density at radius 1 is 1.47 bits per heavy atom. The molecule has 0 heterocycles. The number of nitrogens with one attached hydrogen (secondary N) is 1. The van der Waals surface area contributed by atoms with Crippen LogP contribution in [-0.2, 0) is 14.4 Å². The first-order chi connectivity index (χ1) is 6.99. The summed E-state index contributed by atoms with van der Waals surface area (Å²) < 4.78 is 27.7. The van der Waals surface area contributed by atoms with Crippen LogP contribution in [0.5, 0.6) is 0 Å². The second-order valence-electron chi connectivity index (χ2n) is 2.53. The number of hydroxylamine groups is 1. The number of halogens is 1. The van der Waals surface area contributed by atoms with E-state index >= 15 is 0 Å². The predicted octanol–water partition coefficient (Wildman–Crippen LogP) is 1.16. The largest absolute Gasteiger partial charge is 0.312 e. The van der Waals surface area contributed by atoms with E-state index in [1.54, 1.807) is 0 Å². The van der Waals surface area contributed by atoms with E-state index in [4.69, 9.17) is 5.26 Å². The van der Waals surface area contributed by atoms with Gasteiger partial charge in [-0.3, -0.25) is 0 Å². The number of nitriles is 1. The van der Waals surface area contributed by atoms with E-state index in [-0.39, 0.29) is 10.5 Å². The molecule has 0 fully saturated rings. The lowest BCUT2D eigenvalue weighted by Crippen LogP contribution is -2.15. The van der Waals surface area contributed by atoms with E-state index in [0.29, 0.717) is 4.47 Å². The van der Waals surface area contributed by atoms with Gasteiger partial charge in [0.05, 0.1) is 16.5 Å². The molecule has 0 unspecified atom stereocenters. The van der Waals surface area contributed by atoms with Crippen molar-refractivity contribution in [3.63, 3.8) is 0 Å². The van der Waals surface area contributed by atoms with Gasteiger partial charge >= 0.3 is 10.1 Å². The molecule has 0 radical (unpaired) electrons. The van der Waals surface area contributed by atoms with Gasteiger partial charge in [0.2, 0.25) is 0 Å². The van der Waals surface area contributed by atoms with Gasteiger partial charge in [-0.2, -0.15) is 23.4 Å². The third-order valence-corrected chi connectivity index (χ3v) is 3.14. The van der Waals surface area contributed by atoms with Gasteiger partial charge in [0.15, 0.2) is 0 Å². The van der Waals surface area contributed by atoms with Crippen molar-refractivity contribution >= 4 is 26.0 Å². The summed E-state index contributed by atoms with van der Waals surface area (Å²) in [6.07, 6.45) is 0. The molecule has 5 nitrogen and oxygen atoms in total.